The van der Waals surface area contributed by atoms with Crippen molar-refractivity contribution in [1.29, 1.82) is 0 Å². The summed E-state index contributed by atoms with van der Waals surface area (Å²) in [5.74, 6) is 0.762. The largest absolute Gasteiger partial charge is 0.316 e. The third kappa shape index (κ3) is 4.08. The highest BCUT2D eigenvalue weighted by Gasteiger charge is 2.20. The van der Waals surface area contributed by atoms with E-state index in [0.717, 1.165) is 25.6 Å². The molecule has 2 rings (SSSR count). The Morgan fingerprint density at radius 1 is 1.39 bits per heavy atom. The molecule has 2 N–H and O–H groups in total. The van der Waals surface area contributed by atoms with Crippen LogP contribution in [0.2, 0.25) is 0 Å². The third-order valence-electron chi connectivity index (χ3n) is 3.65. The third-order valence-corrected chi connectivity index (χ3v) is 4.65. The molecular weight excluding hydrogens is 240 g/mol. The molecule has 3 heteroatoms. The fourth-order valence-electron chi connectivity index (χ4n) is 2.67. The number of hydrogen-bond donors (Lipinski definition) is 2. The number of aryl methyl sites for hydroxylation is 1. The lowest BCUT2D eigenvalue weighted by molar-refractivity contribution is 0.495. The summed E-state index contributed by atoms with van der Waals surface area (Å²) in [4.78, 5) is 1.63. The van der Waals surface area contributed by atoms with Crippen LogP contribution in [-0.4, -0.2) is 25.7 Å². The maximum Gasteiger partial charge on any atom is 0.00805 e. The van der Waals surface area contributed by atoms with Crippen LogP contribution in [0.25, 0.3) is 0 Å². The first kappa shape index (κ1) is 14.0. The highest BCUT2D eigenvalue weighted by molar-refractivity contribution is 7.10. The van der Waals surface area contributed by atoms with Gasteiger partial charge in [0.15, 0.2) is 0 Å². The van der Waals surface area contributed by atoms with Crippen LogP contribution >= 0.6 is 11.3 Å². The Balaban J connectivity index is 1.63. The normalized spacial score (nSPS) is 19.2. The average Bonchev–Trinajstić information content (AvgIpc) is 2.82. The summed E-state index contributed by atoms with van der Waals surface area (Å²) >= 11 is 1.94. The lowest BCUT2D eigenvalue weighted by Gasteiger charge is -2.23. The molecule has 0 saturated carbocycles. The first-order valence-corrected chi connectivity index (χ1v) is 8.15. The average molecular weight is 266 g/mol. The number of fused-ring (bicyclic) bond motifs is 1. The second kappa shape index (κ2) is 7.27. The highest BCUT2D eigenvalue weighted by atomic mass is 32.1. The van der Waals surface area contributed by atoms with Gasteiger partial charge < -0.3 is 10.6 Å². The Bertz CT molecular complexity index is 346. The van der Waals surface area contributed by atoms with Gasteiger partial charge in [0.1, 0.15) is 0 Å². The first-order chi connectivity index (χ1) is 8.77. The summed E-state index contributed by atoms with van der Waals surface area (Å²) in [5, 5.41) is 9.34. The number of thiophene rings is 1. The van der Waals surface area contributed by atoms with E-state index in [1.54, 1.807) is 10.4 Å². The van der Waals surface area contributed by atoms with Gasteiger partial charge in [0.05, 0.1) is 0 Å². The van der Waals surface area contributed by atoms with Gasteiger partial charge in [0.25, 0.3) is 0 Å². The van der Waals surface area contributed by atoms with E-state index < -0.39 is 0 Å². The molecule has 0 fully saturated rings. The van der Waals surface area contributed by atoms with Gasteiger partial charge >= 0.3 is 0 Å². The molecule has 1 aliphatic carbocycles. The number of rotatable bonds is 7. The molecule has 0 radical (unpaired) electrons. The zero-order valence-corrected chi connectivity index (χ0v) is 12.5. The SMILES string of the molecule is CC(C)NCCCNCC1CCCc2sccc21. The van der Waals surface area contributed by atoms with Gasteiger partial charge in [-0.25, -0.2) is 0 Å². The van der Waals surface area contributed by atoms with Crippen LogP contribution in [0.1, 0.15) is 49.5 Å². The van der Waals surface area contributed by atoms with Crippen LogP contribution in [0.3, 0.4) is 0 Å². The second-order valence-corrected chi connectivity index (χ2v) is 6.56. The van der Waals surface area contributed by atoms with Crippen molar-refractivity contribution in [3.8, 4) is 0 Å². The smallest absolute Gasteiger partial charge is 0.00805 e. The van der Waals surface area contributed by atoms with E-state index in [2.05, 4.69) is 35.9 Å². The maximum absolute atomic E-state index is 3.62. The Labute approximate surface area is 115 Å². The minimum absolute atomic E-state index is 0.608. The minimum Gasteiger partial charge on any atom is -0.316 e. The molecule has 102 valence electrons. The summed E-state index contributed by atoms with van der Waals surface area (Å²) in [5.41, 5.74) is 1.62. The molecule has 0 saturated heterocycles. The summed E-state index contributed by atoms with van der Waals surface area (Å²) in [6.07, 6.45) is 5.26. The molecule has 18 heavy (non-hydrogen) atoms. The van der Waals surface area contributed by atoms with Gasteiger partial charge in [0, 0.05) is 17.5 Å². The molecule has 1 heterocycles. The molecule has 1 unspecified atom stereocenters. The van der Waals surface area contributed by atoms with Crippen LogP contribution in [-0.2, 0) is 6.42 Å². The van der Waals surface area contributed by atoms with Gasteiger partial charge in [-0.3, -0.25) is 0 Å². The molecule has 0 aromatic carbocycles. The Hall–Kier alpha value is -0.380. The monoisotopic (exact) mass is 266 g/mol. The van der Waals surface area contributed by atoms with E-state index in [1.807, 2.05) is 11.3 Å². The van der Waals surface area contributed by atoms with Crippen LogP contribution in [0.4, 0.5) is 0 Å². The highest BCUT2D eigenvalue weighted by Crippen LogP contribution is 2.34. The second-order valence-electron chi connectivity index (χ2n) is 5.55. The quantitative estimate of drug-likeness (QED) is 0.741. The van der Waals surface area contributed by atoms with Gasteiger partial charge in [-0.1, -0.05) is 13.8 Å². The molecule has 0 amide bonds. The van der Waals surface area contributed by atoms with Crippen LogP contribution in [0.15, 0.2) is 11.4 Å². The summed E-state index contributed by atoms with van der Waals surface area (Å²) in [7, 11) is 0. The standard InChI is InChI=1S/C15H26N2S/c1-12(2)17-9-4-8-16-11-13-5-3-6-15-14(13)7-10-18-15/h7,10,12-13,16-17H,3-6,8-9,11H2,1-2H3. The Morgan fingerprint density at radius 3 is 3.11 bits per heavy atom. The minimum atomic E-state index is 0.608. The number of nitrogens with one attached hydrogen (secondary N) is 2. The van der Waals surface area contributed by atoms with Gasteiger partial charge in [-0.2, -0.15) is 0 Å². The van der Waals surface area contributed by atoms with Crippen molar-refractivity contribution in [3.05, 3.63) is 21.9 Å². The van der Waals surface area contributed by atoms with Gasteiger partial charge in [0.2, 0.25) is 0 Å². The van der Waals surface area contributed by atoms with E-state index in [-0.39, 0.29) is 0 Å². The molecular formula is C15H26N2S. The van der Waals surface area contributed by atoms with E-state index in [9.17, 15) is 0 Å². The van der Waals surface area contributed by atoms with Crippen molar-refractivity contribution in [3.63, 3.8) is 0 Å². The molecule has 1 aromatic heterocycles. The van der Waals surface area contributed by atoms with Crippen LogP contribution in [0, 0.1) is 0 Å². The maximum atomic E-state index is 3.62. The van der Waals surface area contributed by atoms with Crippen LogP contribution < -0.4 is 10.6 Å². The Kier molecular flexibility index (Phi) is 5.67. The topological polar surface area (TPSA) is 24.1 Å². The fourth-order valence-corrected chi connectivity index (χ4v) is 3.69. The lowest BCUT2D eigenvalue weighted by Crippen LogP contribution is -2.29. The van der Waals surface area contributed by atoms with Crippen molar-refractivity contribution in [1.82, 2.24) is 10.6 Å². The molecule has 0 aliphatic heterocycles. The van der Waals surface area contributed by atoms with Gasteiger partial charge in [-0.05, 0) is 61.7 Å². The predicted octanol–water partition coefficient (Wildman–Crippen LogP) is 3.15. The molecule has 2 nitrogen and oxygen atoms in total. The Morgan fingerprint density at radius 2 is 2.28 bits per heavy atom. The fraction of sp³-hybridized carbons (Fsp3) is 0.733. The summed E-state index contributed by atoms with van der Waals surface area (Å²) < 4.78 is 0. The predicted molar refractivity (Wildman–Crippen MR) is 80.6 cm³/mol. The molecule has 0 bridgehead atoms. The number of hydrogen-bond acceptors (Lipinski definition) is 3. The van der Waals surface area contributed by atoms with E-state index >= 15 is 0 Å². The molecule has 1 aromatic rings. The lowest BCUT2D eigenvalue weighted by atomic mass is 9.88. The summed E-state index contributed by atoms with van der Waals surface area (Å²) in [6.45, 7) is 7.82. The van der Waals surface area contributed by atoms with E-state index in [0.29, 0.717) is 6.04 Å². The van der Waals surface area contributed by atoms with E-state index in [4.69, 9.17) is 0 Å². The summed E-state index contributed by atoms with van der Waals surface area (Å²) in [6, 6.07) is 2.95. The first-order valence-electron chi connectivity index (χ1n) is 7.27. The van der Waals surface area contributed by atoms with Crippen molar-refractivity contribution >= 4 is 11.3 Å². The van der Waals surface area contributed by atoms with Crippen molar-refractivity contribution in [2.75, 3.05) is 19.6 Å². The molecule has 1 aliphatic rings. The zero-order valence-electron chi connectivity index (χ0n) is 11.7. The van der Waals surface area contributed by atoms with Crippen molar-refractivity contribution in [2.24, 2.45) is 0 Å². The van der Waals surface area contributed by atoms with Crippen LogP contribution in [0.5, 0.6) is 0 Å². The zero-order chi connectivity index (χ0) is 12.8. The van der Waals surface area contributed by atoms with Crippen molar-refractivity contribution < 1.29 is 0 Å². The molecule has 1 atom stereocenters. The van der Waals surface area contributed by atoms with Crippen molar-refractivity contribution in [2.45, 2.75) is 51.5 Å². The molecule has 0 spiro atoms. The van der Waals surface area contributed by atoms with Gasteiger partial charge in [-0.15, -0.1) is 11.3 Å². The van der Waals surface area contributed by atoms with E-state index in [1.165, 1.54) is 25.7 Å².